The molecular formula is C12H8F2N4. The van der Waals surface area contributed by atoms with Crippen molar-refractivity contribution < 1.29 is 8.78 Å². The van der Waals surface area contributed by atoms with Gasteiger partial charge in [0.2, 0.25) is 5.95 Å². The van der Waals surface area contributed by atoms with Crippen LogP contribution in [0.15, 0.2) is 36.7 Å². The molecule has 0 aliphatic carbocycles. The number of nitrogen functional groups attached to an aromatic ring is 1. The Bertz CT molecular complexity index is 736. The Morgan fingerprint density at radius 2 is 2.06 bits per heavy atom. The highest BCUT2D eigenvalue weighted by atomic mass is 19.1. The molecule has 0 unspecified atom stereocenters. The van der Waals surface area contributed by atoms with Crippen LogP contribution >= 0.6 is 0 Å². The molecule has 0 aliphatic rings. The molecular weight excluding hydrogens is 238 g/mol. The molecule has 90 valence electrons. The molecule has 0 fully saturated rings. The third-order valence-electron chi connectivity index (χ3n) is 2.65. The second-order valence-corrected chi connectivity index (χ2v) is 3.77. The summed E-state index contributed by atoms with van der Waals surface area (Å²) in [4.78, 5) is 7.43. The fraction of sp³-hybridized carbons (Fsp3) is 0. The molecule has 6 heteroatoms. The Hall–Kier alpha value is -2.50. The number of anilines is 1. The van der Waals surface area contributed by atoms with Gasteiger partial charge in [0, 0.05) is 6.20 Å². The van der Waals surface area contributed by atoms with Gasteiger partial charge in [0.1, 0.15) is 5.65 Å². The van der Waals surface area contributed by atoms with Gasteiger partial charge in [0.05, 0.1) is 17.5 Å². The monoisotopic (exact) mass is 246 g/mol. The average molecular weight is 246 g/mol. The topological polar surface area (TPSA) is 56.2 Å². The molecule has 0 atom stereocenters. The molecule has 0 radical (unpaired) electrons. The Kier molecular flexibility index (Phi) is 2.22. The molecule has 0 spiro atoms. The number of fused-ring (bicyclic) bond motifs is 1. The SMILES string of the molecule is Nc1nc(F)c(-c2cnc3ccccn23)cc1F. The van der Waals surface area contributed by atoms with Crippen molar-refractivity contribution in [2.24, 2.45) is 0 Å². The van der Waals surface area contributed by atoms with Crippen molar-refractivity contribution in [3.05, 3.63) is 48.4 Å². The smallest absolute Gasteiger partial charge is 0.224 e. The van der Waals surface area contributed by atoms with Crippen molar-refractivity contribution >= 4 is 11.5 Å². The molecule has 4 nitrogen and oxygen atoms in total. The van der Waals surface area contributed by atoms with Crippen molar-refractivity contribution in [3.8, 4) is 11.3 Å². The number of pyridine rings is 2. The maximum Gasteiger partial charge on any atom is 0.224 e. The number of rotatable bonds is 1. The van der Waals surface area contributed by atoms with E-state index in [-0.39, 0.29) is 5.56 Å². The van der Waals surface area contributed by atoms with Crippen LogP contribution in [0.1, 0.15) is 0 Å². The Balaban J connectivity index is 2.29. The molecule has 3 aromatic rings. The van der Waals surface area contributed by atoms with Gasteiger partial charge in [-0.25, -0.2) is 9.37 Å². The van der Waals surface area contributed by atoms with Crippen LogP contribution in [-0.4, -0.2) is 14.4 Å². The molecule has 3 rings (SSSR count). The third kappa shape index (κ3) is 1.50. The first-order valence-corrected chi connectivity index (χ1v) is 5.21. The molecule has 0 amide bonds. The van der Waals surface area contributed by atoms with Gasteiger partial charge in [-0.15, -0.1) is 0 Å². The van der Waals surface area contributed by atoms with Crippen LogP contribution in [0.5, 0.6) is 0 Å². The Morgan fingerprint density at radius 3 is 2.89 bits per heavy atom. The average Bonchev–Trinajstić information content (AvgIpc) is 2.78. The maximum atomic E-state index is 13.7. The molecule has 0 aliphatic heterocycles. The largest absolute Gasteiger partial charge is 0.381 e. The first-order valence-electron chi connectivity index (χ1n) is 5.21. The van der Waals surface area contributed by atoms with Gasteiger partial charge in [-0.2, -0.15) is 9.37 Å². The van der Waals surface area contributed by atoms with E-state index in [1.54, 1.807) is 22.7 Å². The van der Waals surface area contributed by atoms with E-state index >= 15 is 0 Å². The normalized spacial score (nSPS) is 11.0. The highest BCUT2D eigenvalue weighted by Crippen LogP contribution is 2.25. The molecule has 0 saturated heterocycles. The van der Waals surface area contributed by atoms with Gasteiger partial charge < -0.3 is 5.73 Å². The molecule has 3 aromatic heterocycles. The van der Waals surface area contributed by atoms with Crippen molar-refractivity contribution in [1.29, 1.82) is 0 Å². The summed E-state index contributed by atoms with van der Waals surface area (Å²) >= 11 is 0. The highest BCUT2D eigenvalue weighted by molar-refractivity contribution is 5.64. The van der Waals surface area contributed by atoms with E-state index in [1.165, 1.54) is 6.20 Å². The Morgan fingerprint density at radius 1 is 1.22 bits per heavy atom. The van der Waals surface area contributed by atoms with E-state index in [9.17, 15) is 8.78 Å². The molecule has 3 heterocycles. The summed E-state index contributed by atoms with van der Waals surface area (Å²) < 4.78 is 28.7. The molecule has 0 aromatic carbocycles. The van der Waals surface area contributed by atoms with Gasteiger partial charge in [-0.3, -0.25) is 4.40 Å². The standard InChI is InChI=1S/C12H8F2N4/c13-8-5-7(11(14)17-12(8)15)9-6-16-10-3-1-2-4-18(9)10/h1-6H,(H2,15,17). The highest BCUT2D eigenvalue weighted by Gasteiger charge is 2.14. The number of hydrogen-bond donors (Lipinski definition) is 1. The van der Waals surface area contributed by atoms with Crippen LogP contribution in [0, 0.1) is 11.8 Å². The van der Waals surface area contributed by atoms with Crippen molar-refractivity contribution in [1.82, 2.24) is 14.4 Å². The summed E-state index contributed by atoms with van der Waals surface area (Å²) in [5, 5.41) is 0. The maximum absolute atomic E-state index is 13.7. The summed E-state index contributed by atoms with van der Waals surface area (Å²) in [5.41, 5.74) is 6.30. The summed E-state index contributed by atoms with van der Waals surface area (Å²) in [6, 6.07) is 6.37. The van der Waals surface area contributed by atoms with E-state index in [0.29, 0.717) is 11.3 Å². The van der Waals surface area contributed by atoms with Gasteiger partial charge in [-0.05, 0) is 18.2 Å². The zero-order valence-corrected chi connectivity index (χ0v) is 9.14. The quantitative estimate of drug-likeness (QED) is 0.670. The van der Waals surface area contributed by atoms with Crippen LogP contribution in [-0.2, 0) is 0 Å². The molecule has 0 saturated carbocycles. The van der Waals surface area contributed by atoms with Gasteiger partial charge in [0.15, 0.2) is 11.6 Å². The van der Waals surface area contributed by atoms with Crippen LogP contribution in [0.25, 0.3) is 16.9 Å². The minimum absolute atomic E-state index is 0.0281. The number of nitrogens with zero attached hydrogens (tertiary/aromatic N) is 3. The fourth-order valence-electron chi connectivity index (χ4n) is 1.79. The van der Waals surface area contributed by atoms with Crippen LogP contribution in [0.3, 0.4) is 0 Å². The summed E-state index contributed by atoms with van der Waals surface area (Å²) in [6.45, 7) is 0. The second-order valence-electron chi connectivity index (χ2n) is 3.77. The lowest BCUT2D eigenvalue weighted by Gasteiger charge is -2.04. The van der Waals surface area contributed by atoms with Crippen LogP contribution in [0.4, 0.5) is 14.6 Å². The second kappa shape index (κ2) is 3.76. The van der Waals surface area contributed by atoms with Crippen molar-refractivity contribution in [2.75, 3.05) is 5.73 Å². The number of halogens is 2. The predicted molar refractivity (Wildman–Crippen MR) is 62.8 cm³/mol. The van der Waals surface area contributed by atoms with Crippen LogP contribution in [0.2, 0.25) is 0 Å². The zero-order chi connectivity index (χ0) is 12.7. The van der Waals surface area contributed by atoms with Crippen molar-refractivity contribution in [3.63, 3.8) is 0 Å². The minimum atomic E-state index is -0.820. The van der Waals surface area contributed by atoms with Gasteiger partial charge in [-0.1, -0.05) is 6.07 Å². The first kappa shape index (κ1) is 10.6. The molecule has 2 N–H and O–H groups in total. The number of hydrogen-bond acceptors (Lipinski definition) is 3. The lowest BCUT2D eigenvalue weighted by Crippen LogP contribution is -2.00. The number of aromatic nitrogens is 3. The lowest BCUT2D eigenvalue weighted by atomic mass is 10.2. The van der Waals surface area contributed by atoms with Gasteiger partial charge >= 0.3 is 0 Å². The van der Waals surface area contributed by atoms with E-state index in [1.807, 2.05) is 6.07 Å². The summed E-state index contributed by atoms with van der Waals surface area (Å²) in [5.74, 6) is -2.03. The Labute approximate surface area is 101 Å². The summed E-state index contributed by atoms with van der Waals surface area (Å²) in [6.07, 6.45) is 3.18. The van der Waals surface area contributed by atoms with E-state index in [4.69, 9.17) is 5.73 Å². The fourth-order valence-corrected chi connectivity index (χ4v) is 1.79. The first-order chi connectivity index (χ1) is 8.66. The lowest BCUT2D eigenvalue weighted by molar-refractivity contribution is 0.568. The third-order valence-corrected chi connectivity index (χ3v) is 2.65. The zero-order valence-electron chi connectivity index (χ0n) is 9.14. The summed E-state index contributed by atoms with van der Waals surface area (Å²) in [7, 11) is 0. The van der Waals surface area contributed by atoms with Crippen LogP contribution < -0.4 is 5.73 Å². The van der Waals surface area contributed by atoms with Gasteiger partial charge in [0.25, 0.3) is 0 Å². The van der Waals surface area contributed by atoms with Crippen molar-refractivity contribution in [2.45, 2.75) is 0 Å². The number of imidazole rings is 1. The number of nitrogens with two attached hydrogens (primary N) is 1. The predicted octanol–water partition coefficient (Wildman–Crippen LogP) is 2.26. The molecule has 0 bridgehead atoms. The molecule has 18 heavy (non-hydrogen) atoms. The van der Waals surface area contributed by atoms with E-state index < -0.39 is 17.6 Å². The van der Waals surface area contributed by atoms with E-state index in [2.05, 4.69) is 9.97 Å². The minimum Gasteiger partial charge on any atom is -0.381 e. The van der Waals surface area contributed by atoms with E-state index in [0.717, 1.165) is 6.07 Å².